The number of benzene rings is 3. The number of nitrogens with zero attached hydrogens (tertiary/aromatic N) is 1. The highest BCUT2D eigenvalue weighted by atomic mass is 32.2. The first kappa shape index (κ1) is 22.3. The highest BCUT2D eigenvalue weighted by molar-refractivity contribution is 8.01. The monoisotopic (exact) mass is 463 g/mol. The predicted molar refractivity (Wildman–Crippen MR) is 130 cm³/mol. The van der Waals surface area contributed by atoms with Crippen LogP contribution in [0.3, 0.4) is 0 Å². The maximum atomic E-state index is 13.9. The van der Waals surface area contributed by atoms with Crippen LogP contribution in [0, 0.1) is 11.6 Å². The van der Waals surface area contributed by atoms with Gasteiger partial charge < -0.3 is 4.90 Å². The molecule has 0 amide bonds. The van der Waals surface area contributed by atoms with Crippen LogP contribution in [0.1, 0.15) is 58.0 Å². The maximum Gasteiger partial charge on any atom is 0.165 e. The first-order valence-electron chi connectivity index (χ1n) is 11.6. The average molecular weight is 464 g/mol. The number of hydrogen-bond acceptors (Lipinski definition) is 3. The van der Waals surface area contributed by atoms with Crippen molar-refractivity contribution < 1.29 is 13.6 Å². The van der Waals surface area contributed by atoms with E-state index in [1.165, 1.54) is 22.8 Å². The molecule has 0 saturated carbocycles. The second kappa shape index (κ2) is 9.40. The molecule has 1 atom stereocenters. The van der Waals surface area contributed by atoms with Gasteiger partial charge in [0.05, 0.1) is 10.8 Å². The van der Waals surface area contributed by atoms with Crippen LogP contribution in [-0.2, 0) is 4.75 Å². The van der Waals surface area contributed by atoms with E-state index in [1.54, 1.807) is 0 Å². The largest absolute Gasteiger partial charge is 0.303 e. The van der Waals surface area contributed by atoms with E-state index in [1.807, 2.05) is 0 Å². The van der Waals surface area contributed by atoms with Gasteiger partial charge in [-0.1, -0.05) is 54.6 Å². The van der Waals surface area contributed by atoms with Crippen LogP contribution in [0.15, 0.2) is 72.8 Å². The molecule has 5 rings (SSSR count). The van der Waals surface area contributed by atoms with Gasteiger partial charge in [0.2, 0.25) is 0 Å². The van der Waals surface area contributed by atoms with Crippen molar-refractivity contribution in [3.8, 4) is 0 Å². The number of halogens is 2. The Hall–Kier alpha value is -2.50. The van der Waals surface area contributed by atoms with Crippen molar-refractivity contribution in [1.29, 1.82) is 0 Å². The third-order valence-corrected chi connectivity index (χ3v) is 8.79. The molecule has 0 bridgehead atoms. The highest BCUT2D eigenvalue weighted by Gasteiger charge is 2.46. The lowest BCUT2D eigenvalue weighted by molar-refractivity contribution is 0.0967. The van der Waals surface area contributed by atoms with Crippen LogP contribution in [0.4, 0.5) is 8.78 Å². The Labute approximate surface area is 198 Å². The molecule has 33 heavy (non-hydrogen) atoms. The fourth-order valence-corrected chi connectivity index (χ4v) is 7.02. The molecule has 1 unspecified atom stereocenters. The van der Waals surface area contributed by atoms with Gasteiger partial charge in [-0.05, 0) is 67.7 Å². The van der Waals surface area contributed by atoms with E-state index in [4.69, 9.17) is 0 Å². The van der Waals surface area contributed by atoms with Crippen molar-refractivity contribution in [3.63, 3.8) is 0 Å². The zero-order valence-electron chi connectivity index (χ0n) is 18.5. The summed E-state index contributed by atoms with van der Waals surface area (Å²) in [7, 11) is 0. The molecule has 2 nitrogen and oxygen atoms in total. The van der Waals surface area contributed by atoms with Crippen molar-refractivity contribution in [3.05, 3.63) is 107 Å². The van der Waals surface area contributed by atoms with Gasteiger partial charge in [-0.2, -0.15) is 0 Å². The summed E-state index contributed by atoms with van der Waals surface area (Å²) in [6, 6.07) is 22.8. The summed E-state index contributed by atoms with van der Waals surface area (Å²) in [4.78, 5) is 14.8. The average Bonchev–Trinajstić information content (AvgIpc) is 3.15. The maximum absolute atomic E-state index is 13.9. The van der Waals surface area contributed by atoms with E-state index in [9.17, 15) is 13.6 Å². The molecule has 0 aromatic heterocycles. The molecule has 0 N–H and O–H groups in total. The standard InChI is InChI=1S/C28H27F2NOS/c29-21-12-13-23(25(30)19-21)26(32)11-6-16-31-17-14-28(15-18-31)24-10-5-4-9-22(24)27(33-28)20-7-2-1-3-8-20/h1-5,7-10,12-13,19,27H,6,11,14-18H2. The fraction of sp³-hybridized carbons (Fsp3) is 0.321. The van der Waals surface area contributed by atoms with Crippen molar-refractivity contribution >= 4 is 17.5 Å². The molecule has 1 fully saturated rings. The molecular weight excluding hydrogens is 436 g/mol. The van der Waals surface area contributed by atoms with E-state index in [0.717, 1.165) is 44.6 Å². The van der Waals surface area contributed by atoms with Gasteiger partial charge >= 0.3 is 0 Å². The minimum absolute atomic E-state index is 0.0140. The predicted octanol–water partition coefficient (Wildman–Crippen LogP) is 6.76. The number of Topliss-reactive ketones (excluding diaryl/α,β-unsaturated/α-hetero) is 1. The molecular formula is C28H27F2NOS. The van der Waals surface area contributed by atoms with Gasteiger partial charge in [-0.25, -0.2) is 8.78 Å². The summed E-state index contributed by atoms with van der Waals surface area (Å²) in [6.07, 6.45) is 3.12. The molecule has 0 radical (unpaired) electrons. The summed E-state index contributed by atoms with van der Waals surface area (Å²) in [5, 5.41) is 0.372. The second-order valence-corrected chi connectivity index (χ2v) is 10.5. The Morgan fingerprint density at radius 1 is 0.970 bits per heavy atom. The second-order valence-electron chi connectivity index (χ2n) is 8.98. The van der Waals surface area contributed by atoms with Crippen molar-refractivity contribution in [2.75, 3.05) is 19.6 Å². The zero-order valence-corrected chi connectivity index (χ0v) is 19.3. The van der Waals surface area contributed by atoms with Crippen molar-refractivity contribution in [2.45, 2.75) is 35.7 Å². The SMILES string of the molecule is O=C(CCCN1CCC2(CC1)SC(c1ccccc1)c1ccccc12)c1ccc(F)cc1F. The van der Waals surface area contributed by atoms with Crippen LogP contribution in [0.2, 0.25) is 0 Å². The minimum Gasteiger partial charge on any atom is -0.303 e. The number of hydrogen-bond donors (Lipinski definition) is 0. The molecule has 2 heterocycles. The van der Waals surface area contributed by atoms with Crippen LogP contribution in [0.5, 0.6) is 0 Å². The quantitative estimate of drug-likeness (QED) is 0.377. The smallest absolute Gasteiger partial charge is 0.165 e. The number of likely N-dealkylation sites (tertiary alicyclic amines) is 1. The Kier molecular flexibility index (Phi) is 6.35. The molecule has 5 heteroatoms. The molecule has 0 aliphatic carbocycles. The number of carbonyl (C=O) groups is 1. The zero-order chi connectivity index (χ0) is 22.8. The van der Waals surface area contributed by atoms with Crippen LogP contribution < -0.4 is 0 Å². The molecule has 170 valence electrons. The van der Waals surface area contributed by atoms with E-state index >= 15 is 0 Å². The van der Waals surface area contributed by atoms with Gasteiger partial charge in [0, 0.05) is 17.2 Å². The number of carbonyl (C=O) groups excluding carboxylic acids is 1. The van der Waals surface area contributed by atoms with Gasteiger partial charge in [0.1, 0.15) is 11.6 Å². The van der Waals surface area contributed by atoms with Crippen molar-refractivity contribution in [2.24, 2.45) is 0 Å². The summed E-state index contributed by atoms with van der Waals surface area (Å²) in [5.74, 6) is -1.69. The van der Waals surface area contributed by atoms with Crippen LogP contribution in [-0.4, -0.2) is 30.3 Å². The number of thioether (sulfide) groups is 1. The van der Waals surface area contributed by atoms with E-state index in [-0.39, 0.29) is 22.5 Å². The van der Waals surface area contributed by atoms with Gasteiger partial charge in [0.25, 0.3) is 0 Å². The fourth-order valence-electron chi connectivity index (χ4n) is 5.21. The lowest BCUT2D eigenvalue weighted by Gasteiger charge is -2.39. The summed E-state index contributed by atoms with van der Waals surface area (Å²) in [5.41, 5.74) is 4.26. The Balaban J connectivity index is 1.20. The topological polar surface area (TPSA) is 20.3 Å². The normalized spacial score (nSPS) is 19.5. The first-order valence-corrected chi connectivity index (χ1v) is 12.5. The number of piperidine rings is 1. The van der Waals surface area contributed by atoms with Gasteiger partial charge in [0.15, 0.2) is 5.78 Å². The summed E-state index contributed by atoms with van der Waals surface area (Å²) in [6.45, 7) is 2.79. The number of rotatable bonds is 6. The third-order valence-electron chi connectivity index (χ3n) is 6.95. The molecule has 3 aromatic rings. The minimum atomic E-state index is -0.773. The van der Waals surface area contributed by atoms with Gasteiger partial charge in [-0.15, -0.1) is 11.8 Å². The lowest BCUT2D eigenvalue weighted by atomic mass is 9.84. The van der Waals surface area contributed by atoms with Crippen LogP contribution >= 0.6 is 11.8 Å². The van der Waals surface area contributed by atoms with Crippen molar-refractivity contribution in [1.82, 2.24) is 4.90 Å². The third kappa shape index (κ3) is 4.49. The molecule has 1 saturated heterocycles. The van der Waals surface area contributed by atoms with Crippen LogP contribution in [0.25, 0.3) is 0 Å². The first-order chi connectivity index (χ1) is 16.1. The molecule has 2 aliphatic rings. The number of ketones is 1. The Morgan fingerprint density at radius 3 is 2.45 bits per heavy atom. The summed E-state index contributed by atoms with van der Waals surface area (Å²) >= 11 is 2.09. The Morgan fingerprint density at radius 2 is 1.70 bits per heavy atom. The van der Waals surface area contributed by atoms with E-state index in [0.29, 0.717) is 11.7 Å². The molecule has 2 aliphatic heterocycles. The molecule has 1 spiro atoms. The number of fused-ring (bicyclic) bond motifs is 2. The summed E-state index contributed by atoms with van der Waals surface area (Å²) < 4.78 is 27.1. The highest BCUT2D eigenvalue weighted by Crippen LogP contribution is 2.61. The Bertz CT molecular complexity index is 1140. The lowest BCUT2D eigenvalue weighted by Crippen LogP contribution is -2.40. The van der Waals surface area contributed by atoms with E-state index in [2.05, 4.69) is 71.3 Å². The van der Waals surface area contributed by atoms with E-state index < -0.39 is 11.6 Å². The molecule has 3 aromatic carbocycles. The van der Waals surface area contributed by atoms with Gasteiger partial charge in [-0.3, -0.25) is 4.79 Å².